The Morgan fingerprint density at radius 1 is 1.04 bits per heavy atom. The number of likely N-dealkylation sites (tertiary alicyclic amines) is 1. The largest absolute Gasteiger partial charge is 0.388 e. The lowest BCUT2D eigenvalue weighted by Crippen LogP contribution is -2.54. The molecule has 2 aliphatic rings. The molecule has 0 aromatic heterocycles. The fourth-order valence-electron chi connectivity index (χ4n) is 6.67. The Balaban J connectivity index is 1.84. The molecule has 0 radical (unpaired) electrons. The number of amides is 4. The van der Waals surface area contributed by atoms with Gasteiger partial charge in [0.1, 0.15) is 11.9 Å². The standard InChI is InChI=1S/C35H46N8O3/c1-21(2)41-34(46)42-33(37)35(18-22(3)40-20-31(44)43-15-7-8-28(43)19-36)29-13-11-24(23(4)38-5)16-25(29)9-10-26-17-27(32(45)39-6)12-14-30(26)35/h11-14,16-17,21-22,28,38,40H,4,7-10,15,18,20H2,1-3,5-6H3,(H,39,45)(H3,37,41,42,46)/t22-,28?,35?/m0/s1. The van der Waals surface area contributed by atoms with Crippen molar-refractivity contribution in [1.82, 2.24) is 31.5 Å². The summed E-state index contributed by atoms with van der Waals surface area (Å²) in [7, 11) is 3.41. The molecule has 0 bridgehead atoms. The van der Waals surface area contributed by atoms with Crippen LogP contribution >= 0.6 is 0 Å². The highest BCUT2D eigenvalue weighted by atomic mass is 16.2. The molecule has 6 N–H and O–H groups in total. The number of nitrogens with one attached hydrogen (secondary N) is 6. The average Bonchev–Trinajstić information content (AvgIpc) is 3.48. The molecule has 2 aromatic rings. The molecule has 1 aliphatic carbocycles. The number of urea groups is 1. The minimum Gasteiger partial charge on any atom is -0.388 e. The van der Waals surface area contributed by atoms with E-state index in [0.29, 0.717) is 37.8 Å². The number of carbonyl (C=O) groups is 3. The van der Waals surface area contributed by atoms with Crippen LogP contribution in [0, 0.1) is 16.7 Å². The number of nitrogens with zero attached hydrogens (tertiary/aromatic N) is 2. The lowest BCUT2D eigenvalue weighted by Gasteiger charge is -2.39. The van der Waals surface area contributed by atoms with E-state index >= 15 is 0 Å². The van der Waals surface area contributed by atoms with Gasteiger partial charge in [0.2, 0.25) is 5.91 Å². The number of aryl methyl sites for hydroxylation is 2. The van der Waals surface area contributed by atoms with Crippen LogP contribution in [0.5, 0.6) is 0 Å². The van der Waals surface area contributed by atoms with E-state index in [1.54, 1.807) is 18.0 Å². The Morgan fingerprint density at radius 3 is 2.26 bits per heavy atom. The third-order valence-electron chi connectivity index (χ3n) is 8.95. The smallest absolute Gasteiger partial charge is 0.320 e. The van der Waals surface area contributed by atoms with Gasteiger partial charge >= 0.3 is 6.03 Å². The first kappa shape index (κ1) is 34.2. The van der Waals surface area contributed by atoms with Gasteiger partial charge in [0.25, 0.3) is 5.91 Å². The van der Waals surface area contributed by atoms with Crippen molar-refractivity contribution in [2.45, 2.75) is 76.4 Å². The zero-order valence-corrected chi connectivity index (χ0v) is 27.5. The molecule has 11 heteroatoms. The zero-order valence-electron chi connectivity index (χ0n) is 27.5. The molecule has 1 aliphatic heterocycles. The van der Waals surface area contributed by atoms with Crippen LogP contribution in [0.15, 0.2) is 43.0 Å². The zero-order chi connectivity index (χ0) is 33.6. The lowest BCUT2D eigenvalue weighted by molar-refractivity contribution is -0.130. The van der Waals surface area contributed by atoms with Crippen molar-refractivity contribution in [3.05, 3.63) is 76.4 Å². The molecular weight excluding hydrogens is 580 g/mol. The van der Waals surface area contributed by atoms with E-state index in [9.17, 15) is 25.1 Å². The van der Waals surface area contributed by atoms with Crippen LogP contribution in [0.1, 0.15) is 78.2 Å². The van der Waals surface area contributed by atoms with E-state index in [2.05, 4.69) is 45.3 Å². The van der Waals surface area contributed by atoms with Crippen LogP contribution in [-0.2, 0) is 23.1 Å². The van der Waals surface area contributed by atoms with Gasteiger partial charge in [0.05, 0.1) is 18.0 Å². The van der Waals surface area contributed by atoms with Gasteiger partial charge in [-0.3, -0.25) is 20.3 Å². The van der Waals surface area contributed by atoms with Gasteiger partial charge in [-0.1, -0.05) is 24.8 Å². The molecule has 46 heavy (non-hydrogen) atoms. The minimum absolute atomic E-state index is 0.00741. The molecule has 2 aromatic carbocycles. The van der Waals surface area contributed by atoms with Crippen LogP contribution < -0.4 is 26.6 Å². The van der Waals surface area contributed by atoms with Crippen LogP contribution in [-0.4, -0.2) is 73.9 Å². The van der Waals surface area contributed by atoms with Gasteiger partial charge in [-0.25, -0.2) is 4.79 Å². The van der Waals surface area contributed by atoms with Crippen LogP contribution in [0.2, 0.25) is 0 Å². The van der Waals surface area contributed by atoms with E-state index in [1.165, 1.54) is 0 Å². The maximum absolute atomic E-state index is 13.1. The highest BCUT2D eigenvalue weighted by molar-refractivity contribution is 6.05. The van der Waals surface area contributed by atoms with Crippen molar-refractivity contribution in [3.8, 4) is 6.07 Å². The number of hydrogen-bond acceptors (Lipinski definition) is 7. The van der Waals surface area contributed by atoms with E-state index in [4.69, 9.17) is 0 Å². The van der Waals surface area contributed by atoms with Crippen molar-refractivity contribution in [2.24, 2.45) is 0 Å². The summed E-state index contributed by atoms with van der Waals surface area (Å²) < 4.78 is 0. The minimum atomic E-state index is -1.14. The molecule has 4 rings (SSSR count). The van der Waals surface area contributed by atoms with Crippen LogP contribution in [0.25, 0.3) is 5.70 Å². The number of fused-ring (bicyclic) bond motifs is 2. The van der Waals surface area contributed by atoms with Crippen molar-refractivity contribution >= 4 is 29.4 Å². The summed E-state index contributed by atoms with van der Waals surface area (Å²) in [5.41, 5.74) is 4.62. The second kappa shape index (κ2) is 14.6. The first-order valence-corrected chi connectivity index (χ1v) is 15.9. The second-order valence-corrected chi connectivity index (χ2v) is 12.4. The van der Waals surface area contributed by atoms with Gasteiger partial charge in [-0.2, -0.15) is 5.26 Å². The Kier molecular flexibility index (Phi) is 10.9. The van der Waals surface area contributed by atoms with Crippen molar-refractivity contribution in [3.63, 3.8) is 0 Å². The van der Waals surface area contributed by atoms with Gasteiger partial charge in [0.15, 0.2) is 0 Å². The predicted octanol–water partition coefficient (Wildman–Crippen LogP) is 3.19. The fourth-order valence-corrected chi connectivity index (χ4v) is 6.67. The number of amidine groups is 1. The molecule has 3 atom stereocenters. The fraction of sp³-hybridized carbons (Fsp3) is 0.457. The molecule has 1 fully saturated rings. The topological polar surface area (TPSA) is 162 Å². The number of carbonyl (C=O) groups excluding carboxylic acids is 3. The maximum Gasteiger partial charge on any atom is 0.320 e. The summed E-state index contributed by atoms with van der Waals surface area (Å²) in [6, 6.07) is 12.5. The summed E-state index contributed by atoms with van der Waals surface area (Å²) in [4.78, 5) is 40.5. The van der Waals surface area contributed by atoms with Gasteiger partial charge < -0.3 is 26.2 Å². The van der Waals surface area contributed by atoms with E-state index in [0.717, 1.165) is 39.9 Å². The third kappa shape index (κ3) is 7.07. The van der Waals surface area contributed by atoms with Gasteiger partial charge in [-0.15, -0.1) is 0 Å². The van der Waals surface area contributed by atoms with Crippen molar-refractivity contribution < 1.29 is 14.4 Å². The van der Waals surface area contributed by atoms with E-state index < -0.39 is 17.5 Å². The van der Waals surface area contributed by atoms with Crippen LogP contribution in [0.3, 0.4) is 0 Å². The molecule has 1 heterocycles. The Labute approximate surface area is 271 Å². The van der Waals surface area contributed by atoms with Crippen molar-refractivity contribution in [2.75, 3.05) is 27.2 Å². The number of nitriles is 1. The predicted molar refractivity (Wildman–Crippen MR) is 180 cm³/mol. The van der Waals surface area contributed by atoms with Gasteiger partial charge in [-0.05, 0) is 98.9 Å². The molecule has 11 nitrogen and oxygen atoms in total. The first-order chi connectivity index (χ1) is 21.9. The molecule has 2 unspecified atom stereocenters. The summed E-state index contributed by atoms with van der Waals surface area (Å²) in [6.07, 6.45) is 3.06. The van der Waals surface area contributed by atoms with Gasteiger partial charge in [0, 0.05) is 44.0 Å². The molecule has 0 spiro atoms. The normalized spacial score (nSPS) is 19.2. The summed E-state index contributed by atoms with van der Waals surface area (Å²) in [6.45, 7) is 10.4. The maximum atomic E-state index is 13.1. The monoisotopic (exact) mass is 626 g/mol. The molecular formula is C35H46N8O3. The quantitative estimate of drug-likeness (QED) is 0.175. The highest BCUT2D eigenvalue weighted by Gasteiger charge is 2.45. The van der Waals surface area contributed by atoms with Crippen LogP contribution in [0.4, 0.5) is 4.79 Å². The summed E-state index contributed by atoms with van der Waals surface area (Å²) >= 11 is 0. The second-order valence-electron chi connectivity index (χ2n) is 12.4. The Morgan fingerprint density at radius 2 is 1.67 bits per heavy atom. The van der Waals surface area contributed by atoms with E-state index in [-0.39, 0.29) is 36.3 Å². The number of hydrogen-bond donors (Lipinski definition) is 6. The number of rotatable bonds is 10. The SMILES string of the molecule is C=C(NC)c1ccc2c(c1)CCc1cc(C(=O)NC)ccc1C2(C[C@H](C)NCC(=O)N1CCCC1C#N)C(=N)NC(=O)NC(C)C. The number of benzene rings is 2. The Bertz CT molecular complexity index is 1490. The molecule has 0 saturated carbocycles. The van der Waals surface area contributed by atoms with E-state index in [1.807, 2.05) is 52.1 Å². The molecule has 1 saturated heterocycles. The lowest BCUT2D eigenvalue weighted by atomic mass is 9.67. The average molecular weight is 627 g/mol. The summed E-state index contributed by atoms with van der Waals surface area (Å²) in [5, 5.41) is 33.9. The third-order valence-corrected chi connectivity index (χ3v) is 8.95. The molecule has 244 valence electrons. The Hall–Kier alpha value is -4.69. The summed E-state index contributed by atoms with van der Waals surface area (Å²) in [5.74, 6) is -0.355. The van der Waals surface area contributed by atoms with Crippen molar-refractivity contribution in [1.29, 1.82) is 10.7 Å². The highest BCUT2D eigenvalue weighted by Crippen LogP contribution is 2.44. The molecule has 4 amide bonds. The first-order valence-electron chi connectivity index (χ1n) is 15.9.